The van der Waals surface area contributed by atoms with Crippen molar-refractivity contribution in [2.45, 2.75) is 59.3 Å². The van der Waals surface area contributed by atoms with Gasteiger partial charge in [-0.15, -0.1) is 0 Å². The summed E-state index contributed by atoms with van der Waals surface area (Å²) in [6, 6.07) is 4.50. The van der Waals surface area contributed by atoms with Gasteiger partial charge < -0.3 is 10.2 Å². The molecule has 0 radical (unpaired) electrons. The van der Waals surface area contributed by atoms with Crippen LogP contribution in [0.25, 0.3) is 22.0 Å². The van der Waals surface area contributed by atoms with Crippen LogP contribution in [0.4, 0.5) is 0 Å². The number of hydrogen-bond donors (Lipinski definition) is 1. The zero-order valence-electron chi connectivity index (χ0n) is 23.2. The number of aromatic nitrogens is 6. The number of hydrogen-bond acceptors (Lipinski definition) is 8. The van der Waals surface area contributed by atoms with Gasteiger partial charge in [0.05, 0.1) is 23.2 Å². The lowest BCUT2D eigenvalue weighted by atomic mass is 9.76. The molecule has 1 aliphatic carbocycles. The maximum atomic E-state index is 13.9. The average molecular weight is 549 g/mol. The number of nitrogens with one attached hydrogen (secondary N) is 1. The maximum Gasteiger partial charge on any atom is 0.246 e. The van der Waals surface area contributed by atoms with Gasteiger partial charge in [-0.25, -0.2) is 19.9 Å². The van der Waals surface area contributed by atoms with Crippen LogP contribution in [0.15, 0.2) is 43.1 Å². The van der Waals surface area contributed by atoms with E-state index in [1.54, 1.807) is 34.2 Å². The summed E-state index contributed by atoms with van der Waals surface area (Å²) in [7, 11) is 0. The predicted octanol–water partition coefficient (Wildman–Crippen LogP) is 2.41. The van der Waals surface area contributed by atoms with E-state index < -0.39 is 11.5 Å². The fourth-order valence-electron chi connectivity index (χ4n) is 5.68. The van der Waals surface area contributed by atoms with Crippen molar-refractivity contribution in [1.29, 1.82) is 0 Å². The Balaban J connectivity index is 1.31. The van der Waals surface area contributed by atoms with Gasteiger partial charge in [0.1, 0.15) is 36.5 Å². The zero-order valence-corrected chi connectivity index (χ0v) is 23.2. The van der Waals surface area contributed by atoms with E-state index in [1.807, 2.05) is 32.9 Å². The minimum Gasteiger partial charge on any atom is -0.349 e. The second-order valence-electron chi connectivity index (χ2n) is 10.8. The summed E-state index contributed by atoms with van der Waals surface area (Å²) in [4.78, 5) is 58.0. The predicted molar refractivity (Wildman–Crippen MR) is 149 cm³/mol. The first-order valence-corrected chi connectivity index (χ1v) is 13.3. The summed E-state index contributed by atoms with van der Waals surface area (Å²) in [5.41, 5.74) is 3.69. The summed E-state index contributed by atoms with van der Waals surface area (Å²) in [6.45, 7) is 7.25. The quantitative estimate of drug-likeness (QED) is 0.275. The Morgan fingerprint density at radius 1 is 1.12 bits per heavy atom. The van der Waals surface area contributed by atoms with Gasteiger partial charge in [-0.05, 0) is 56.5 Å². The number of Topliss-reactive ketones (excluding diaryl/α,β-unsaturated/α-hetero) is 1. The zero-order chi connectivity index (χ0) is 28.9. The fraction of sp³-hybridized carbons (Fsp3) is 0.333. The lowest BCUT2D eigenvalue weighted by molar-refractivity contribution is -0.140. The molecule has 3 aromatic heterocycles. The van der Waals surface area contributed by atoms with Gasteiger partial charge in [0, 0.05) is 36.5 Å². The molecular formula is C30H28N8O3. The number of benzene rings is 1. The first kappa shape index (κ1) is 26.3. The lowest BCUT2D eigenvalue weighted by Crippen LogP contribution is -2.51. The molecule has 3 atom stereocenters. The minimum absolute atomic E-state index is 0.137. The van der Waals surface area contributed by atoms with Crippen LogP contribution in [0.1, 0.15) is 47.8 Å². The molecule has 1 aromatic carbocycles. The van der Waals surface area contributed by atoms with E-state index in [9.17, 15) is 14.4 Å². The summed E-state index contributed by atoms with van der Waals surface area (Å²) in [5.74, 6) is 6.13. The number of ketones is 1. The van der Waals surface area contributed by atoms with Crippen molar-refractivity contribution < 1.29 is 14.4 Å². The molecule has 4 heterocycles. The third kappa shape index (κ3) is 4.61. The molecule has 0 bridgehead atoms. The normalized spacial score (nSPS) is 20.6. The van der Waals surface area contributed by atoms with Crippen LogP contribution in [0.5, 0.6) is 0 Å². The van der Waals surface area contributed by atoms with Crippen LogP contribution in [0.2, 0.25) is 0 Å². The van der Waals surface area contributed by atoms with Gasteiger partial charge in [-0.3, -0.25) is 19.1 Å². The molecule has 0 saturated carbocycles. The molecule has 0 unspecified atom stereocenters. The first-order valence-electron chi connectivity index (χ1n) is 13.3. The monoisotopic (exact) mass is 548 g/mol. The molecule has 206 valence electrons. The fourth-order valence-corrected chi connectivity index (χ4v) is 5.68. The molecule has 1 aliphatic heterocycles. The van der Waals surface area contributed by atoms with Crippen molar-refractivity contribution in [3.8, 4) is 23.0 Å². The highest BCUT2D eigenvalue weighted by molar-refractivity contribution is 6.07. The summed E-state index contributed by atoms with van der Waals surface area (Å²) < 4.78 is 1.57. The van der Waals surface area contributed by atoms with Gasteiger partial charge in [-0.1, -0.05) is 11.8 Å². The average Bonchev–Trinajstić information content (AvgIpc) is 3.41. The summed E-state index contributed by atoms with van der Waals surface area (Å²) in [6.07, 6.45) is 6.95. The van der Waals surface area contributed by atoms with Crippen LogP contribution >= 0.6 is 0 Å². The van der Waals surface area contributed by atoms with E-state index in [0.29, 0.717) is 28.8 Å². The van der Waals surface area contributed by atoms with Gasteiger partial charge in [0.25, 0.3) is 0 Å². The number of aryl methyl sites for hydroxylation is 2. The lowest BCUT2D eigenvalue weighted by Gasteiger charge is -2.34. The van der Waals surface area contributed by atoms with Gasteiger partial charge in [-0.2, -0.15) is 5.10 Å². The van der Waals surface area contributed by atoms with E-state index in [4.69, 9.17) is 0 Å². The van der Waals surface area contributed by atoms with Crippen molar-refractivity contribution in [2.75, 3.05) is 0 Å². The van der Waals surface area contributed by atoms with E-state index in [0.717, 1.165) is 16.7 Å². The molecule has 4 aromatic rings. The third-order valence-corrected chi connectivity index (χ3v) is 7.77. The largest absolute Gasteiger partial charge is 0.349 e. The molecular weight excluding hydrogens is 520 g/mol. The molecule has 1 fully saturated rings. The van der Waals surface area contributed by atoms with E-state index in [-0.39, 0.29) is 42.4 Å². The van der Waals surface area contributed by atoms with Crippen LogP contribution < -0.4 is 5.32 Å². The number of likely N-dealkylation sites (tertiary alicyclic amines) is 1. The minimum atomic E-state index is -0.704. The molecule has 2 amide bonds. The second kappa shape index (κ2) is 9.89. The third-order valence-electron chi connectivity index (χ3n) is 7.77. The molecule has 41 heavy (non-hydrogen) atoms. The van der Waals surface area contributed by atoms with Crippen LogP contribution in [0, 0.1) is 31.1 Å². The number of nitrogens with zero attached hydrogens (tertiary/aromatic N) is 7. The van der Waals surface area contributed by atoms with Gasteiger partial charge >= 0.3 is 0 Å². The topological polar surface area (TPSA) is 136 Å². The number of carbonyl (C=O) groups is 3. The molecule has 1 saturated heterocycles. The number of amides is 2. The Kier molecular flexibility index (Phi) is 6.33. The molecule has 1 N–H and O–H groups in total. The van der Waals surface area contributed by atoms with Crippen molar-refractivity contribution in [1.82, 2.24) is 39.9 Å². The van der Waals surface area contributed by atoms with Gasteiger partial charge in [0.15, 0.2) is 5.78 Å². The highest BCUT2D eigenvalue weighted by Gasteiger charge is 2.55. The Hall–Kier alpha value is -4.98. The molecule has 6 rings (SSSR count). The summed E-state index contributed by atoms with van der Waals surface area (Å²) >= 11 is 0. The van der Waals surface area contributed by atoms with Gasteiger partial charge in [0.2, 0.25) is 11.8 Å². The van der Waals surface area contributed by atoms with E-state index in [1.165, 1.54) is 13.3 Å². The SMILES string of the molecule is CC(=O)c1nn(CC(=O)N2[C@H](C(=O)NCc3ccncn3)C[C@@]3(C)C#C[C@@H]23)c2c(C)cc(-c3cnc(C)nc3)cc12. The Morgan fingerprint density at radius 3 is 2.56 bits per heavy atom. The Bertz CT molecular complexity index is 1770. The van der Waals surface area contributed by atoms with Crippen molar-refractivity contribution in [2.24, 2.45) is 5.41 Å². The second-order valence-corrected chi connectivity index (χ2v) is 10.8. The van der Waals surface area contributed by atoms with E-state index >= 15 is 0 Å². The van der Waals surface area contributed by atoms with Crippen molar-refractivity contribution in [3.05, 3.63) is 65.9 Å². The number of rotatable bonds is 7. The molecule has 11 nitrogen and oxygen atoms in total. The van der Waals surface area contributed by atoms with Crippen molar-refractivity contribution >= 4 is 28.5 Å². The highest BCUT2D eigenvalue weighted by atomic mass is 16.2. The van der Waals surface area contributed by atoms with E-state index in [2.05, 4.69) is 42.2 Å². The maximum absolute atomic E-state index is 13.9. The number of fused-ring (bicyclic) bond motifs is 2. The van der Waals surface area contributed by atoms with Crippen molar-refractivity contribution in [3.63, 3.8) is 0 Å². The summed E-state index contributed by atoms with van der Waals surface area (Å²) in [5, 5.41) is 8.12. The van der Waals surface area contributed by atoms with Crippen LogP contribution in [-0.2, 0) is 22.7 Å². The molecule has 11 heteroatoms. The number of carbonyl (C=O) groups excluding carboxylic acids is 3. The first-order chi connectivity index (χ1) is 19.6. The highest BCUT2D eigenvalue weighted by Crippen LogP contribution is 2.44. The molecule has 2 aliphatic rings. The van der Waals surface area contributed by atoms with Crippen LogP contribution in [-0.4, -0.2) is 64.3 Å². The standard InChI is InChI=1S/C30H28N8O3/c1-17-9-20(21-12-32-19(3)33-13-21)10-23-27(18(2)39)36-37(28(17)23)15-26(40)38-24(11-30(4)7-5-25(30)38)29(41)34-14-22-6-8-31-16-35-22/h6,8-10,12-13,16,24-25H,11,14-15H2,1-4H3,(H,34,41)/t24-,25+,30+/m0/s1. The molecule has 0 spiro atoms. The Morgan fingerprint density at radius 2 is 1.90 bits per heavy atom. The Labute approximate surface area is 236 Å². The van der Waals surface area contributed by atoms with Crippen LogP contribution in [0.3, 0.4) is 0 Å². The smallest absolute Gasteiger partial charge is 0.246 e.